The van der Waals surface area contributed by atoms with Gasteiger partial charge in [-0.3, -0.25) is 14.9 Å². The Kier molecular flexibility index (Phi) is 6.62. The van der Waals surface area contributed by atoms with Crippen molar-refractivity contribution in [1.82, 2.24) is 0 Å². The summed E-state index contributed by atoms with van der Waals surface area (Å²) in [4.78, 5) is 35.0. The van der Waals surface area contributed by atoms with E-state index in [1.165, 1.54) is 49.4 Å². The number of ketones is 1. The number of non-ortho nitro benzene ring substituents is 1. The molecule has 13 heteroatoms. The maximum atomic E-state index is 13.7. The summed E-state index contributed by atoms with van der Waals surface area (Å²) in [5.74, 6) is -15.0. The summed E-state index contributed by atoms with van der Waals surface area (Å²) in [7, 11) is 0. The summed E-state index contributed by atoms with van der Waals surface area (Å²) in [5.41, 5.74) is 0.788. The molecule has 0 atom stereocenters. The molecule has 1 aliphatic heterocycles. The van der Waals surface area contributed by atoms with E-state index in [4.69, 9.17) is 9.47 Å². The zero-order valence-electron chi connectivity index (χ0n) is 18.4. The first-order chi connectivity index (χ1) is 17.5. The Morgan fingerprint density at radius 3 is 2.19 bits per heavy atom. The lowest BCUT2D eigenvalue weighted by molar-refractivity contribution is -0.384. The molecule has 3 aromatic carbocycles. The lowest BCUT2D eigenvalue weighted by Gasteiger charge is -2.11. The van der Waals surface area contributed by atoms with Gasteiger partial charge in [0.2, 0.25) is 34.9 Å². The van der Waals surface area contributed by atoms with Crippen LogP contribution in [0.5, 0.6) is 17.2 Å². The molecule has 0 fully saturated rings. The molecule has 37 heavy (non-hydrogen) atoms. The van der Waals surface area contributed by atoms with Crippen molar-refractivity contribution in [2.24, 2.45) is 0 Å². The molecule has 0 saturated carbocycles. The monoisotopic (exact) mass is 521 g/mol. The van der Waals surface area contributed by atoms with Crippen LogP contribution in [-0.4, -0.2) is 23.3 Å². The Labute approximate surface area is 203 Å². The van der Waals surface area contributed by atoms with Gasteiger partial charge in [0, 0.05) is 18.2 Å². The first kappa shape index (κ1) is 25.3. The molecule has 8 nitrogen and oxygen atoms in total. The maximum Gasteiger partial charge on any atom is 0.349 e. The highest BCUT2D eigenvalue weighted by molar-refractivity contribution is 6.15. The van der Waals surface area contributed by atoms with Crippen molar-refractivity contribution in [1.29, 1.82) is 0 Å². The van der Waals surface area contributed by atoms with E-state index in [1.54, 1.807) is 0 Å². The van der Waals surface area contributed by atoms with Crippen LogP contribution in [-0.2, 0) is 4.79 Å². The van der Waals surface area contributed by atoms with E-state index in [9.17, 15) is 41.7 Å². The van der Waals surface area contributed by atoms with Crippen LogP contribution >= 0.6 is 0 Å². The lowest BCUT2D eigenvalue weighted by Crippen LogP contribution is -2.19. The third kappa shape index (κ3) is 4.83. The second-order valence-electron chi connectivity index (χ2n) is 7.56. The molecule has 0 N–H and O–H groups in total. The van der Waals surface area contributed by atoms with Gasteiger partial charge in [-0.25, -0.2) is 18.0 Å². The van der Waals surface area contributed by atoms with E-state index in [0.717, 1.165) is 0 Å². The minimum Gasteiger partial charge on any atom is -0.476 e. The molecular formula is C24H12F5NO7. The van der Waals surface area contributed by atoms with Crippen LogP contribution in [0.15, 0.2) is 42.2 Å². The number of allylic oxidation sites excluding steroid dienone is 1. The number of benzene rings is 3. The lowest BCUT2D eigenvalue weighted by atomic mass is 10.0. The second-order valence-corrected chi connectivity index (χ2v) is 7.56. The van der Waals surface area contributed by atoms with Crippen molar-refractivity contribution in [2.45, 2.75) is 6.92 Å². The van der Waals surface area contributed by atoms with Crippen LogP contribution in [0.2, 0.25) is 0 Å². The minimum atomic E-state index is -2.38. The van der Waals surface area contributed by atoms with Gasteiger partial charge in [-0.1, -0.05) is 0 Å². The summed E-state index contributed by atoms with van der Waals surface area (Å²) in [6.45, 7) is 0.303. The summed E-state index contributed by atoms with van der Waals surface area (Å²) < 4.78 is 82.0. The Bertz CT molecular complexity index is 1470. The number of halogens is 5. The molecule has 1 heterocycles. The van der Waals surface area contributed by atoms with E-state index in [1.807, 2.05) is 0 Å². The Morgan fingerprint density at radius 2 is 1.59 bits per heavy atom. The Hall–Kier alpha value is -4.81. The first-order valence-corrected chi connectivity index (χ1v) is 10.2. The SMILES string of the molecule is Cc1cc(OC(=O)COc2c(F)c(F)c(F)c(F)c2F)cc2c1C(=O)/C(=C/c1ccc([N+](=O)[O-])cc1)O2. The second kappa shape index (κ2) is 9.68. The quantitative estimate of drug-likeness (QED) is 0.0642. The van der Waals surface area contributed by atoms with Gasteiger partial charge < -0.3 is 14.2 Å². The van der Waals surface area contributed by atoms with Crippen LogP contribution in [0, 0.1) is 46.1 Å². The van der Waals surface area contributed by atoms with Gasteiger partial charge in [-0.05, 0) is 42.3 Å². The van der Waals surface area contributed by atoms with Crippen LogP contribution < -0.4 is 14.2 Å². The van der Waals surface area contributed by atoms with Gasteiger partial charge >= 0.3 is 5.97 Å². The van der Waals surface area contributed by atoms with Crippen LogP contribution in [0.25, 0.3) is 6.08 Å². The molecule has 0 bridgehead atoms. The van der Waals surface area contributed by atoms with Crippen LogP contribution in [0.4, 0.5) is 27.6 Å². The number of carbonyl (C=O) groups excluding carboxylic acids is 2. The average Bonchev–Trinajstić information content (AvgIpc) is 3.16. The van der Waals surface area contributed by atoms with Gasteiger partial charge in [-0.15, -0.1) is 0 Å². The smallest absolute Gasteiger partial charge is 0.349 e. The highest BCUT2D eigenvalue weighted by atomic mass is 19.2. The fourth-order valence-electron chi connectivity index (χ4n) is 3.38. The van der Waals surface area contributed by atoms with Crippen molar-refractivity contribution in [3.63, 3.8) is 0 Å². The summed E-state index contributed by atoms with van der Waals surface area (Å²) in [5, 5.41) is 10.8. The van der Waals surface area contributed by atoms with Crippen molar-refractivity contribution >= 4 is 23.5 Å². The number of hydrogen-bond acceptors (Lipinski definition) is 7. The number of nitro groups is 1. The molecule has 190 valence electrons. The van der Waals surface area contributed by atoms with Gasteiger partial charge in [-0.2, -0.15) is 8.78 Å². The number of nitrogens with zero attached hydrogens (tertiary/aromatic N) is 1. The average molecular weight is 521 g/mol. The van der Waals surface area contributed by atoms with E-state index in [0.29, 0.717) is 11.1 Å². The molecule has 0 spiro atoms. The van der Waals surface area contributed by atoms with Crippen molar-refractivity contribution < 1.29 is 50.7 Å². The number of esters is 1. The molecule has 0 saturated heterocycles. The topological polar surface area (TPSA) is 105 Å². The third-order valence-corrected chi connectivity index (χ3v) is 5.08. The largest absolute Gasteiger partial charge is 0.476 e. The highest BCUT2D eigenvalue weighted by Crippen LogP contribution is 2.38. The zero-order valence-corrected chi connectivity index (χ0v) is 18.4. The molecule has 1 aliphatic rings. The molecule has 0 amide bonds. The fourth-order valence-corrected chi connectivity index (χ4v) is 3.38. The van der Waals surface area contributed by atoms with E-state index in [-0.39, 0.29) is 28.5 Å². The van der Waals surface area contributed by atoms with Gasteiger partial charge in [0.05, 0.1) is 10.5 Å². The molecule has 4 rings (SSSR count). The molecule has 0 unspecified atom stereocenters. The molecule has 0 aromatic heterocycles. The van der Waals surface area contributed by atoms with Crippen LogP contribution in [0.3, 0.4) is 0 Å². The van der Waals surface area contributed by atoms with Crippen molar-refractivity contribution in [3.8, 4) is 17.2 Å². The molecule has 0 aliphatic carbocycles. The zero-order chi connectivity index (χ0) is 27.0. The predicted octanol–water partition coefficient (Wildman–Crippen LogP) is 5.20. The van der Waals surface area contributed by atoms with Gasteiger partial charge in [0.15, 0.2) is 18.1 Å². The number of carbonyl (C=O) groups is 2. The first-order valence-electron chi connectivity index (χ1n) is 10.2. The van der Waals surface area contributed by atoms with E-state index in [2.05, 4.69) is 4.74 Å². The van der Waals surface area contributed by atoms with E-state index >= 15 is 0 Å². The third-order valence-electron chi connectivity index (χ3n) is 5.08. The number of hydrogen-bond donors (Lipinski definition) is 0. The number of rotatable bonds is 6. The minimum absolute atomic E-state index is 0.0154. The highest BCUT2D eigenvalue weighted by Gasteiger charge is 2.31. The predicted molar refractivity (Wildman–Crippen MR) is 115 cm³/mol. The number of Topliss-reactive ketones (excluding diaryl/α,β-unsaturated/α-hetero) is 1. The summed E-state index contributed by atoms with van der Waals surface area (Å²) >= 11 is 0. The number of fused-ring (bicyclic) bond motifs is 1. The molecular weight excluding hydrogens is 509 g/mol. The summed E-state index contributed by atoms with van der Waals surface area (Å²) in [6.07, 6.45) is 1.36. The van der Waals surface area contributed by atoms with Crippen LogP contribution in [0.1, 0.15) is 21.5 Å². The normalized spacial score (nSPS) is 13.4. The Balaban J connectivity index is 1.49. The molecule has 3 aromatic rings. The fraction of sp³-hybridized carbons (Fsp3) is 0.0833. The standard InChI is InChI=1S/C24H12F5NO7/c1-10-6-13(36-16(31)9-35-24-21(28)19(26)18(25)20(27)22(24)29)8-14-17(10)23(32)15(37-14)7-11-2-4-12(5-3-11)30(33)34/h2-8H,9H2,1H3/b15-7-. The van der Waals surface area contributed by atoms with E-state index < -0.39 is 58.1 Å². The number of ether oxygens (including phenoxy) is 3. The number of aryl methyl sites for hydroxylation is 1. The number of nitro benzene ring substituents is 1. The maximum absolute atomic E-state index is 13.7. The van der Waals surface area contributed by atoms with Crippen molar-refractivity contribution in [3.05, 3.63) is 98.0 Å². The summed E-state index contributed by atoms with van der Waals surface area (Å²) in [6, 6.07) is 7.77. The van der Waals surface area contributed by atoms with Gasteiger partial charge in [0.25, 0.3) is 5.69 Å². The van der Waals surface area contributed by atoms with Crippen molar-refractivity contribution in [2.75, 3.05) is 6.61 Å². The van der Waals surface area contributed by atoms with Gasteiger partial charge in [0.1, 0.15) is 11.5 Å². The Morgan fingerprint density at radius 1 is 1.00 bits per heavy atom. The molecule has 0 radical (unpaired) electrons.